The van der Waals surface area contributed by atoms with Gasteiger partial charge >= 0.3 is 6.09 Å². The van der Waals surface area contributed by atoms with Crippen molar-refractivity contribution in [2.45, 2.75) is 6.42 Å². The van der Waals surface area contributed by atoms with Gasteiger partial charge in [-0.05, 0) is 18.6 Å². The van der Waals surface area contributed by atoms with Gasteiger partial charge in [-0.3, -0.25) is 4.98 Å². The third-order valence-electron chi connectivity index (χ3n) is 2.44. The maximum atomic E-state index is 10.2. The number of hydrogen-bond acceptors (Lipinski definition) is 5. The Balaban J connectivity index is 1.94. The van der Waals surface area contributed by atoms with E-state index in [2.05, 4.69) is 15.3 Å². The fourth-order valence-corrected chi connectivity index (χ4v) is 1.55. The molecule has 0 aliphatic heterocycles. The van der Waals surface area contributed by atoms with Crippen LogP contribution in [0.1, 0.15) is 6.42 Å². The monoisotopic (exact) mass is 262 g/mol. The second kappa shape index (κ2) is 5.85. The highest BCUT2D eigenvalue weighted by Gasteiger charge is 2.03. The predicted molar refractivity (Wildman–Crippen MR) is 70.1 cm³/mol. The molecule has 100 valence electrons. The number of amides is 1. The minimum absolute atomic E-state index is 0.340. The number of aromatic nitrogens is 2. The Hall–Kier alpha value is -2.57. The molecule has 0 spiro atoms. The second-order valence-corrected chi connectivity index (χ2v) is 3.85. The third kappa shape index (κ3) is 3.44. The first-order valence-corrected chi connectivity index (χ1v) is 5.77. The van der Waals surface area contributed by atoms with Gasteiger partial charge in [0.2, 0.25) is 5.88 Å². The average molecular weight is 262 g/mol. The summed E-state index contributed by atoms with van der Waals surface area (Å²) in [6, 6.07) is 5.17. The lowest BCUT2D eigenvalue weighted by Gasteiger charge is -2.07. The molecule has 0 saturated heterocycles. The highest BCUT2D eigenvalue weighted by molar-refractivity contribution is 5.86. The van der Waals surface area contributed by atoms with Crippen LogP contribution < -0.4 is 15.8 Å². The SMILES string of the molecule is Nc1ccnc2ccc(OCCCNC(=O)O)nc12. The molecule has 2 heterocycles. The van der Waals surface area contributed by atoms with Crippen molar-refractivity contribution >= 4 is 22.8 Å². The fraction of sp³-hybridized carbons (Fsp3) is 0.250. The molecule has 2 aromatic rings. The molecule has 0 unspecified atom stereocenters. The Morgan fingerprint density at radius 1 is 1.42 bits per heavy atom. The molecule has 4 N–H and O–H groups in total. The summed E-state index contributed by atoms with van der Waals surface area (Å²) < 4.78 is 5.42. The second-order valence-electron chi connectivity index (χ2n) is 3.85. The number of nitrogens with zero attached hydrogens (tertiary/aromatic N) is 2. The van der Waals surface area contributed by atoms with Crippen molar-refractivity contribution in [3.63, 3.8) is 0 Å². The van der Waals surface area contributed by atoms with Gasteiger partial charge in [-0.15, -0.1) is 0 Å². The summed E-state index contributed by atoms with van der Waals surface area (Å²) in [4.78, 5) is 18.6. The summed E-state index contributed by atoms with van der Waals surface area (Å²) >= 11 is 0. The third-order valence-corrected chi connectivity index (χ3v) is 2.44. The van der Waals surface area contributed by atoms with Gasteiger partial charge in [0.25, 0.3) is 0 Å². The molecule has 0 bridgehead atoms. The zero-order valence-electron chi connectivity index (χ0n) is 10.2. The van der Waals surface area contributed by atoms with Crippen LogP contribution in [0.4, 0.5) is 10.5 Å². The number of nitrogens with two attached hydrogens (primary N) is 1. The van der Waals surface area contributed by atoms with Crippen molar-refractivity contribution in [2.75, 3.05) is 18.9 Å². The molecular weight excluding hydrogens is 248 g/mol. The Labute approximate surface area is 109 Å². The number of fused-ring (bicyclic) bond motifs is 1. The van der Waals surface area contributed by atoms with Crippen molar-refractivity contribution < 1.29 is 14.6 Å². The Kier molecular flexibility index (Phi) is 3.97. The molecule has 1 amide bonds. The summed E-state index contributed by atoms with van der Waals surface area (Å²) in [5, 5.41) is 10.7. The first-order chi connectivity index (χ1) is 9.16. The number of hydrogen-bond donors (Lipinski definition) is 3. The van der Waals surface area contributed by atoms with E-state index in [-0.39, 0.29) is 0 Å². The van der Waals surface area contributed by atoms with E-state index < -0.39 is 6.09 Å². The van der Waals surface area contributed by atoms with Crippen LogP contribution in [0.3, 0.4) is 0 Å². The summed E-state index contributed by atoms with van der Waals surface area (Å²) in [5.41, 5.74) is 7.65. The molecule has 19 heavy (non-hydrogen) atoms. The molecule has 0 atom stereocenters. The molecule has 2 aromatic heterocycles. The lowest BCUT2D eigenvalue weighted by molar-refractivity contribution is 0.193. The minimum Gasteiger partial charge on any atom is -0.478 e. The summed E-state index contributed by atoms with van der Waals surface area (Å²) in [7, 11) is 0. The molecule has 0 saturated carbocycles. The molecule has 7 heteroatoms. The van der Waals surface area contributed by atoms with Gasteiger partial charge in [0.1, 0.15) is 5.52 Å². The van der Waals surface area contributed by atoms with Gasteiger partial charge in [0.05, 0.1) is 17.8 Å². The van der Waals surface area contributed by atoms with Gasteiger partial charge in [-0.1, -0.05) is 0 Å². The lowest BCUT2D eigenvalue weighted by Crippen LogP contribution is -2.23. The average Bonchev–Trinajstić information content (AvgIpc) is 2.39. The summed E-state index contributed by atoms with van der Waals surface area (Å²) in [5.74, 6) is 0.447. The predicted octanol–water partition coefficient (Wildman–Crippen LogP) is 1.25. The van der Waals surface area contributed by atoms with Crippen LogP contribution in [-0.2, 0) is 0 Å². The Bertz CT molecular complexity index is 588. The minimum atomic E-state index is -1.04. The van der Waals surface area contributed by atoms with Crippen LogP contribution in [-0.4, -0.2) is 34.3 Å². The highest BCUT2D eigenvalue weighted by atomic mass is 16.5. The van der Waals surface area contributed by atoms with Crippen molar-refractivity contribution in [1.82, 2.24) is 15.3 Å². The van der Waals surface area contributed by atoms with Gasteiger partial charge in [0.15, 0.2) is 0 Å². The standard InChI is InChI=1S/C12H14N4O3/c13-8-4-6-14-9-2-3-10(16-11(8)9)19-7-1-5-15-12(17)18/h2-4,6,15H,1,5,7H2,(H2,13,14)(H,17,18). The zero-order valence-corrected chi connectivity index (χ0v) is 10.2. The van der Waals surface area contributed by atoms with Crippen LogP contribution >= 0.6 is 0 Å². The Morgan fingerprint density at radius 2 is 2.26 bits per heavy atom. The number of nitrogens with one attached hydrogen (secondary N) is 1. The first-order valence-electron chi connectivity index (χ1n) is 5.77. The van der Waals surface area contributed by atoms with Crippen LogP contribution in [0.5, 0.6) is 5.88 Å². The normalized spacial score (nSPS) is 10.3. The molecule has 0 aliphatic rings. The van der Waals surface area contributed by atoms with Gasteiger partial charge in [0, 0.05) is 18.8 Å². The maximum absolute atomic E-state index is 10.2. The van der Waals surface area contributed by atoms with E-state index >= 15 is 0 Å². The number of pyridine rings is 2. The van der Waals surface area contributed by atoms with Crippen molar-refractivity contribution in [2.24, 2.45) is 0 Å². The summed E-state index contributed by atoms with van der Waals surface area (Å²) in [6.07, 6.45) is 1.15. The smallest absolute Gasteiger partial charge is 0.404 e. The Morgan fingerprint density at radius 3 is 3.05 bits per heavy atom. The number of nitrogen functional groups attached to an aromatic ring is 1. The fourth-order valence-electron chi connectivity index (χ4n) is 1.55. The highest BCUT2D eigenvalue weighted by Crippen LogP contribution is 2.19. The number of ether oxygens (including phenoxy) is 1. The molecule has 0 aliphatic carbocycles. The quantitative estimate of drug-likeness (QED) is 0.699. The van der Waals surface area contributed by atoms with Crippen molar-refractivity contribution in [3.05, 3.63) is 24.4 Å². The molecular formula is C12H14N4O3. The maximum Gasteiger partial charge on any atom is 0.404 e. The molecule has 2 rings (SSSR count). The van der Waals surface area contributed by atoms with E-state index in [0.717, 1.165) is 0 Å². The number of carboxylic acid groups (broad SMARTS) is 1. The number of carbonyl (C=O) groups is 1. The van der Waals surface area contributed by atoms with E-state index in [1.165, 1.54) is 0 Å². The van der Waals surface area contributed by atoms with E-state index in [0.29, 0.717) is 42.2 Å². The van der Waals surface area contributed by atoms with E-state index in [4.69, 9.17) is 15.6 Å². The van der Waals surface area contributed by atoms with E-state index in [9.17, 15) is 4.79 Å². The number of anilines is 1. The van der Waals surface area contributed by atoms with Gasteiger partial charge < -0.3 is 20.9 Å². The number of rotatable bonds is 5. The zero-order chi connectivity index (χ0) is 13.7. The van der Waals surface area contributed by atoms with Crippen molar-refractivity contribution in [3.8, 4) is 5.88 Å². The van der Waals surface area contributed by atoms with Crippen LogP contribution in [0.2, 0.25) is 0 Å². The van der Waals surface area contributed by atoms with E-state index in [1.54, 1.807) is 24.4 Å². The van der Waals surface area contributed by atoms with Crippen LogP contribution in [0.15, 0.2) is 24.4 Å². The topological polar surface area (TPSA) is 110 Å². The van der Waals surface area contributed by atoms with Crippen LogP contribution in [0, 0.1) is 0 Å². The summed E-state index contributed by atoms with van der Waals surface area (Å²) in [6.45, 7) is 0.714. The molecule has 0 fully saturated rings. The first kappa shape index (κ1) is 12.9. The van der Waals surface area contributed by atoms with Gasteiger partial charge in [-0.25, -0.2) is 9.78 Å². The van der Waals surface area contributed by atoms with Crippen LogP contribution in [0.25, 0.3) is 11.0 Å². The van der Waals surface area contributed by atoms with Gasteiger partial charge in [-0.2, -0.15) is 0 Å². The molecule has 7 nitrogen and oxygen atoms in total. The molecule has 0 radical (unpaired) electrons. The van der Waals surface area contributed by atoms with E-state index in [1.807, 2.05) is 0 Å². The molecule has 0 aromatic carbocycles. The lowest BCUT2D eigenvalue weighted by atomic mass is 10.3. The van der Waals surface area contributed by atoms with Crippen molar-refractivity contribution in [1.29, 1.82) is 0 Å². The largest absolute Gasteiger partial charge is 0.478 e.